The van der Waals surface area contributed by atoms with Crippen molar-refractivity contribution in [2.45, 2.75) is 39.7 Å². The van der Waals surface area contributed by atoms with Crippen LogP contribution in [0.25, 0.3) is 16.7 Å². The third-order valence-corrected chi connectivity index (χ3v) is 4.22. The summed E-state index contributed by atoms with van der Waals surface area (Å²) in [4.78, 5) is 14.3. The van der Waals surface area contributed by atoms with Crippen LogP contribution in [0.15, 0.2) is 24.3 Å². The fraction of sp³-hybridized carbons (Fsp3) is 0.471. The van der Waals surface area contributed by atoms with Crippen LogP contribution in [0.1, 0.15) is 39.7 Å². The summed E-state index contributed by atoms with van der Waals surface area (Å²) in [7, 11) is 0. The minimum absolute atomic E-state index is 0.299. The number of carbonyl (C=O) groups excluding carboxylic acids is 1. The van der Waals surface area contributed by atoms with Crippen molar-refractivity contribution in [3.05, 3.63) is 29.8 Å². The molecular weight excluding hydrogens is 310 g/mol. The van der Waals surface area contributed by atoms with E-state index in [-0.39, 0.29) is 6.09 Å². The number of hydrogen-bond donors (Lipinski definition) is 0. The second-order valence-corrected chi connectivity index (χ2v) is 7.52. The van der Waals surface area contributed by atoms with Gasteiger partial charge in [-0.05, 0) is 45.2 Å². The Morgan fingerprint density at radius 1 is 1.30 bits per heavy atom. The molecule has 0 saturated carbocycles. The highest BCUT2D eigenvalue weighted by Gasteiger charge is 2.29. The first-order valence-corrected chi connectivity index (χ1v) is 8.50. The quantitative estimate of drug-likeness (QED) is 0.781. The van der Waals surface area contributed by atoms with E-state index in [0.717, 1.165) is 28.7 Å². The van der Waals surface area contributed by atoms with Gasteiger partial charge in [-0.1, -0.05) is 19.1 Å². The number of hydrogen-bond acceptors (Lipinski definition) is 5. The van der Waals surface area contributed by atoms with Gasteiger partial charge in [-0.25, -0.2) is 4.79 Å². The first kappa shape index (κ1) is 15.9. The molecule has 0 bridgehead atoms. The summed E-state index contributed by atoms with van der Waals surface area (Å²) in [6.45, 7) is 8.45. The molecule has 0 aliphatic carbocycles. The summed E-state index contributed by atoms with van der Waals surface area (Å²) < 4.78 is 14.1. The molecule has 0 fully saturated rings. The number of fused-ring (bicyclic) bond motifs is 1. The van der Waals surface area contributed by atoms with Crippen molar-refractivity contribution in [2.24, 2.45) is 5.92 Å². The van der Waals surface area contributed by atoms with Crippen LogP contribution in [0.3, 0.4) is 0 Å². The molecule has 122 valence electrons. The van der Waals surface area contributed by atoms with Crippen molar-refractivity contribution < 1.29 is 9.53 Å². The molecule has 0 spiro atoms. The summed E-state index contributed by atoms with van der Waals surface area (Å²) in [6.07, 6.45) is 2.76. The van der Waals surface area contributed by atoms with Gasteiger partial charge in [0.1, 0.15) is 16.6 Å². The molecule has 3 rings (SSSR count). The fourth-order valence-corrected chi connectivity index (χ4v) is 3.13. The second-order valence-electron chi connectivity index (χ2n) is 6.99. The number of rotatable bonds is 1. The Morgan fingerprint density at radius 3 is 2.78 bits per heavy atom. The number of nitrogens with zero attached hydrogens (tertiary/aromatic N) is 3. The van der Waals surface area contributed by atoms with Gasteiger partial charge < -0.3 is 4.74 Å². The standard InChI is InChI=1S/C17H21N3O2S/c1-11-5-8-15(20(10-11)16(21)22-17(2,3)4)12-6-7-13-14(9-12)19-23-18-13/h6-9,11H,5,10H2,1-4H3. The van der Waals surface area contributed by atoms with E-state index in [0.29, 0.717) is 12.5 Å². The van der Waals surface area contributed by atoms with E-state index in [9.17, 15) is 4.79 Å². The predicted octanol–water partition coefficient (Wildman–Crippen LogP) is 4.31. The van der Waals surface area contributed by atoms with E-state index in [4.69, 9.17) is 4.74 Å². The summed E-state index contributed by atoms with van der Waals surface area (Å²) in [5, 5.41) is 0. The van der Waals surface area contributed by atoms with E-state index < -0.39 is 5.60 Å². The van der Waals surface area contributed by atoms with E-state index in [1.807, 2.05) is 39.0 Å². The van der Waals surface area contributed by atoms with E-state index in [2.05, 4.69) is 21.7 Å². The van der Waals surface area contributed by atoms with Gasteiger partial charge in [-0.15, -0.1) is 0 Å². The van der Waals surface area contributed by atoms with Gasteiger partial charge in [0, 0.05) is 12.1 Å². The van der Waals surface area contributed by atoms with Gasteiger partial charge in [0.25, 0.3) is 0 Å². The average molecular weight is 331 g/mol. The maximum atomic E-state index is 12.6. The first-order valence-electron chi connectivity index (χ1n) is 7.77. The Hall–Kier alpha value is -1.95. The third-order valence-electron chi connectivity index (χ3n) is 3.66. The average Bonchev–Trinajstić information content (AvgIpc) is 2.92. The normalized spacial score (nSPS) is 18.9. The van der Waals surface area contributed by atoms with Crippen molar-refractivity contribution in [3.8, 4) is 0 Å². The molecule has 23 heavy (non-hydrogen) atoms. The van der Waals surface area contributed by atoms with Crippen molar-refractivity contribution in [3.63, 3.8) is 0 Å². The molecule has 1 amide bonds. The lowest BCUT2D eigenvalue weighted by Crippen LogP contribution is -2.39. The Bertz CT molecular complexity index is 761. The first-order chi connectivity index (χ1) is 10.8. The summed E-state index contributed by atoms with van der Waals surface area (Å²) in [6, 6.07) is 5.92. The molecule has 1 unspecified atom stereocenters. The van der Waals surface area contributed by atoms with Gasteiger partial charge >= 0.3 is 6.09 Å². The zero-order chi connectivity index (χ0) is 16.6. The highest BCUT2D eigenvalue weighted by atomic mass is 32.1. The topological polar surface area (TPSA) is 55.3 Å². The molecule has 1 aliphatic rings. The zero-order valence-corrected chi connectivity index (χ0v) is 14.7. The lowest BCUT2D eigenvalue weighted by atomic mass is 9.98. The van der Waals surface area contributed by atoms with Crippen LogP contribution in [0.5, 0.6) is 0 Å². The number of benzene rings is 1. The fourth-order valence-electron chi connectivity index (χ4n) is 2.61. The van der Waals surface area contributed by atoms with Gasteiger partial charge in [0.05, 0.1) is 17.4 Å². The zero-order valence-electron chi connectivity index (χ0n) is 13.9. The molecule has 1 aromatic heterocycles. The minimum atomic E-state index is -0.508. The molecule has 1 aliphatic heterocycles. The summed E-state index contributed by atoms with van der Waals surface area (Å²) in [5.41, 5.74) is 3.10. The molecular formula is C17H21N3O2S. The largest absolute Gasteiger partial charge is 0.443 e. The Labute approximate surface area is 140 Å². The maximum absolute atomic E-state index is 12.6. The van der Waals surface area contributed by atoms with Crippen LogP contribution in [-0.4, -0.2) is 31.9 Å². The molecule has 5 nitrogen and oxygen atoms in total. The third kappa shape index (κ3) is 3.52. The molecule has 1 atom stereocenters. The summed E-state index contributed by atoms with van der Waals surface area (Å²) >= 11 is 1.20. The van der Waals surface area contributed by atoms with E-state index in [1.165, 1.54) is 11.7 Å². The predicted molar refractivity (Wildman–Crippen MR) is 92.1 cm³/mol. The molecule has 2 heterocycles. The molecule has 0 saturated heterocycles. The molecule has 2 aromatic rings. The van der Waals surface area contributed by atoms with Crippen molar-refractivity contribution in [1.82, 2.24) is 13.6 Å². The number of aromatic nitrogens is 2. The number of amides is 1. The SMILES string of the molecule is CC1CC=C(c2ccc3nsnc3c2)N(C(=O)OC(C)(C)C)C1. The van der Waals surface area contributed by atoms with Crippen LogP contribution >= 0.6 is 11.7 Å². The molecule has 6 heteroatoms. The highest BCUT2D eigenvalue weighted by Crippen LogP contribution is 2.30. The van der Waals surface area contributed by atoms with E-state index >= 15 is 0 Å². The molecule has 1 aromatic carbocycles. The van der Waals surface area contributed by atoms with Crippen LogP contribution < -0.4 is 0 Å². The van der Waals surface area contributed by atoms with Crippen LogP contribution in [-0.2, 0) is 4.74 Å². The molecule has 0 radical (unpaired) electrons. The smallest absolute Gasteiger partial charge is 0.414 e. The lowest BCUT2D eigenvalue weighted by Gasteiger charge is -2.33. The maximum Gasteiger partial charge on any atom is 0.414 e. The van der Waals surface area contributed by atoms with Gasteiger partial charge in [-0.3, -0.25) is 4.90 Å². The highest BCUT2D eigenvalue weighted by molar-refractivity contribution is 7.00. The monoisotopic (exact) mass is 331 g/mol. The van der Waals surface area contributed by atoms with Crippen LogP contribution in [0.2, 0.25) is 0 Å². The number of ether oxygens (including phenoxy) is 1. The van der Waals surface area contributed by atoms with Gasteiger partial charge in [0.15, 0.2) is 0 Å². The lowest BCUT2D eigenvalue weighted by molar-refractivity contribution is 0.0327. The second kappa shape index (κ2) is 5.92. The van der Waals surface area contributed by atoms with Crippen molar-refractivity contribution in [2.75, 3.05) is 6.54 Å². The van der Waals surface area contributed by atoms with Crippen LogP contribution in [0.4, 0.5) is 4.79 Å². The van der Waals surface area contributed by atoms with Crippen LogP contribution in [0, 0.1) is 5.92 Å². The Morgan fingerprint density at radius 2 is 2.04 bits per heavy atom. The Kier molecular flexibility index (Phi) is 4.10. The number of allylic oxidation sites excluding steroid dienone is 1. The van der Waals surface area contributed by atoms with Gasteiger partial charge in [0.2, 0.25) is 0 Å². The minimum Gasteiger partial charge on any atom is -0.443 e. The van der Waals surface area contributed by atoms with Crippen molar-refractivity contribution >= 4 is 34.6 Å². The van der Waals surface area contributed by atoms with Crippen molar-refractivity contribution in [1.29, 1.82) is 0 Å². The Balaban J connectivity index is 1.95. The van der Waals surface area contributed by atoms with E-state index in [1.54, 1.807) is 4.90 Å². The van der Waals surface area contributed by atoms with Gasteiger partial charge in [-0.2, -0.15) is 8.75 Å². The summed E-state index contributed by atoms with van der Waals surface area (Å²) in [5.74, 6) is 0.413. The molecule has 0 N–H and O–H groups in total. The number of carbonyl (C=O) groups is 1.